The normalized spacial score (nSPS) is 11.1. The second-order valence-corrected chi connectivity index (χ2v) is 7.51. The average molecular weight is 464 g/mol. The molecular formula is C18H14BrN3O5S. The number of phenols is 1. The fourth-order valence-corrected chi connectivity index (χ4v) is 3.80. The number of nitrogens with zero attached hydrogens (tertiary/aromatic N) is 2. The highest BCUT2D eigenvalue weighted by Gasteiger charge is 2.13. The van der Waals surface area contributed by atoms with Crippen molar-refractivity contribution in [1.82, 2.24) is 5.43 Å². The minimum absolute atomic E-state index is 0.0117. The summed E-state index contributed by atoms with van der Waals surface area (Å²) in [7, 11) is 0. The number of aromatic hydroxyl groups is 1. The predicted molar refractivity (Wildman–Crippen MR) is 111 cm³/mol. The third-order valence-electron chi connectivity index (χ3n) is 3.66. The van der Waals surface area contributed by atoms with Crippen LogP contribution in [0.4, 0.5) is 5.69 Å². The Bertz CT molecular complexity index is 1100. The van der Waals surface area contributed by atoms with Gasteiger partial charge < -0.3 is 9.84 Å². The molecule has 0 saturated heterocycles. The first kappa shape index (κ1) is 19.8. The maximum Gasteiger partial charge on any atom is 0.281 e. The molecule has 1 heterocycles. The first-order chi connectivity index (χ1) is 13.4. The molecule has 28 heavy (non-hydrogen) atoms. The predicted octanol–water partition coefficient (Wildman–Crippen LogP) is 4.44. The molecule has 3 rings (SSSR count). The number of nitro benzene ring substituents is 1. The van der Waals surface area contributed by atoms with Gasteiger partial charge in [-0.15, -0.1) is 11.3 Å². The highest BCUT2D eigenvalue weighted by atomic mass is 79.9. The molecule has 0 unspecified atom stereocenters. The summed E-state index contributed by atoms with van der Waals surface area (Å²) in [4.78, 5) is 23.1. The van der Waals surface area contributed by atoms with Crippen LogP contribution in [0.15, 0.2) is 46.0 Å². The molecule has 1 amide bonds. The molecule has 0 aliphatic rings. The molecule has 0 aliphatic heterocycles. The van der Waals surface area contributed by atoms with E-state index in [2.05, 4.69) is 26.5 Å². The maximum atomic E-state index is 12.3. The van der Waals surface area contributed by atoms with E-state index in [9.17, 15) is 20.0 Å². The smallest absolute Gasteiger partial charge is 0.281 e. The largest absolute Gasteiger partial charge is 0.503 e. The van der Waals surface area contributed by atoms with E-state index < -0.39 is 10.8 Å². The van der Waals surface area contributed by atoms with Crippen LogP contribution in [0, 0.1) is 10.1 Å². The van der Waals surface area contributed by atoms with Crippen LogP contribution < -0.4 is 10.2 Å². The Kier molecular flexibility index (Phi) is 5.90. The number of fused-ring (bicyclic) bond motifs is 1. The van der Waals surface area contributed by atoms with Gasteiger partial charge in [0, 0.05) is 22.2 Å². The molecule has 8 nitrogen and oxygen atoms in total. The number of non-ortho nitro benzene ring substituents is 1. The summed E-state index contributed by atoms with van der Waals surface area (Å²) < 4.78 is 6.55. The van der Waals surface area contributed by atoms with E-state index in [-0.39, 0.29) is 11.4 Å². The fraction of sp³-hybridized carbons (Fsp3) is 0.111. The van der Waals surface area contributed by atoms with Crippen molar-refractivity contribution in [2.75, 3.05) is 6.61 Å². The first-order valence-corrected chi connectivity index (χ1v) is 9.66. The highest BCUT2D eigenvalue weighted by molar-refractivity contribution is 9.10. The molecule has 144 valence electrons. The Labute approximate surface area is 171 Å². The molecule has 3 aromatic rings. The molecule has 2 N–H and O–H groups in total. The molecule has 0 spiro atoms. The summed E-state index contributed by atoms with van der Waals surface area (Å²) in [6.45, 7) is 2.19. The van der Waals surface area contributed by atoms with E-state index in [4.69, 9.17) is 4.74 Å². The lowest BCUT2D eigenvalue weighted by atomic mass is 10.2. The zero-order valence-electron chi connectivity index (χ0n) is 14.5. The Morgan fingerprint density at radius 3 is 2.89 bits per heavy atom. The molecule has 0 atom stereocenters. The SMILES string of the molecule is CCOc1cc(C=NNC(=O)c2cc3cc([N+](=O)[O-])ccc3s2)cc(Br)c1O. The minimum Gasteiger partial charge on any atom is -0.503 e. The summed E-state index contributed by atoms with van der Waals surface area (Å²) in [6, 6.07) is 9.25. The van der Waals surface area contributed by atoms with Crippen LogP contribution in [-0.2, 0) is 0 Å². The lowest BCUT2D eigenvalue weighted by molar-refractivity contribution is -0.384. The molecule has 10 heteroatoms. The van der Waals surface area contributed by atoms with Crippen molar-refractivity contribution < 1.29 is 19.6 Å². The number of amides is 1. The molecular weight excluding hydrogens is 450 g/mol. The number of carbonyl (C=O) groups is 1. The zero-order chi connectivity index (χ0) is 20.3. The summed E-state index contributed by atoms with van der Waals surface area (Å²) in [5, 5.41) is 25.3. The number of nitro groups is 1. The molecule has 0 bridgehead atoms. The van der Waals surface area contributed by atoms with Crippen LogP contribution in [0.25, 0.3) is 10.1 Å². The van der Waals surface area contributed by atoms with Gasteiger partial charge in [0.25, 0.3) is 11.6 Å². The van der Waals surface area contributed by atoms with Gasteiger partial charge in [-0.3, -0.25) is 14.9 Å². The van der Waals surface area contributed by atoms with Gasteiger partial charge in [-0.05, 0) is 52.7 Å². The van der Waals surface area contributed by atoms with Gasteiger partial charge in [0.2, 0.25) is 0 Å². The Morgan fingerprint density at radius 2 is 2.18 bits per heavy atom. The number of rotatable bonds is 6. The van der Waals surface area contributed by atoms with Gasteiger partial charge in [-0.1, -0.05) is 0 Å². The van der Waals surface area contributed by atoms with Crippen molar-refractivity contribution in [1.29, 1.82) is 0 Å². The summed E-state index contributed by atoms with van der Waals surface area (Å²) in [6.07, 6.45) is 1.42. The third-order valence-corrected chi connectivity index (χ3v) is 5.38. The monoisotopic (exact) mass is 463 g/mol. The lowest BCUT2D eigenvalue weighted by Gasteiger charge is -2.08. The number of carbonyl (C=O) groups excluding carboxylic acids is 1. The molecule has 0 aliphatic carbocycles. The number of phenolic OH excluding ortho intramolecular Hbond substituents is 1. The Hall–Kier alpha value is -2.98. The molecule has 0 saturated carbocycles. The Balaban J connectivity index is 1.75. The van der Waals surface area contributed by atoms with Crippen LogP contribution in [0.1, 0.15) is 22.2 Å². The van der Waals surface area contributed by atoms with Crippen molar-refractivity contribution in [3.8, 4) is 11.5 Å². The molecule has 2 aromatic carbocycles. The van der Waals surface area contributed by atoms with E-state index in [1.807, 2.05) is 0 Å². The Morgan fingerprint density at radius 1 is 1.39 bits per heavy atom. The summed E-state index contributed by atoms with van der Waals surface area (Å²) >= 11 is 4.45. The average Bonchev–Trinajstić information content (AvgIpc) is 3.09. The number of thiophene rings is 1. The van der Waals surface area contributed by atoms with Gasteiger partial charge in [0.1, 0.15) is 0 Å². The van der Waals surface area contributed by atoms with E-state index in [1.54, 1.807) is 31.2 Å². The molecule has 1 aromatic heterocycles. The number of benzene rings is 2. The van der Waals surface area contributed by atoms with Gasteiger partial charge >= 0.3 is 0 Å². The number of hydrogen-bond donors (Lipinski definition) is 2. The number of hydrogen-bond acceptors (Lipinski definition) is 7. The first-order valence-electron chi connectivity index (χ1n) is 8.05. The van der Waals surface area contributed by atoms with Crippen LogP contribution >= 0.6 is 27.3 Å². The van der Waals surface area contributed by atoms with Crippen molar-refractivity contribution in [2.45, 2.75) is 6.92 Å². The van der Waals surface area contributed by atoms with E-state index in [0.717, 1.165) is 4.70 Å². The number of halogens is 1. The van der Waals surface area contributed by atoms with Crippen molar-refractivity contribution in [3.63, 3.8) is 0 Å². The number of nitrogens with one attached hydrogen (secondary N) is 1. The number of hydrazone groups is 1. The van der Waals surface area contributed by atoms with Gasteiger partial charge in [0.05, 0.1) is 27.1 Å². The molecule has 0 radical (unpaired) electrons. The van der Waals surface area contributed by atoms with Crippen molar-refractivity contribution >= 4 is 55.2 Å². The second-order valence-electron chi connectivity index (χ2n) is 5.57. The van der Waals surface area contributed by atoms with Crippen molar-refractivity contribution in [2.24, 2.45) is 5.10 Å². The fourth-order valence-electron chi connectivity index (χ4n) is 2.41. The van der Waals surface area contributed by atoms with Crippen LogP contribution in [0.2, 0.25) is 0 Å². The summed E-state index contributed by atoms with van der Waals surface area (Å²) in [5.41, 5.74) is 3.00. The lowest BCUT2D eigenvalue weighted by Crippen LogP contribution is -2.16. The maximum absolute atomic E-state index is 12.3. The quantitative estimate of drug-likeness (QED) is 0.318. The van der Waals surface area contributed by atoms with Crippen LogP contribution in [0.3, 0.4) is 0 Å². The standard InChI is InChI=1S/C18H14BrN3O5S/c1-2-27-14-6-10(5-13(19)17(14)23)9-20-21-18(24)16-8-11-7-12(22(25)26)3-4-15(11)28-16/h3-9,23H,2H2,1H3,(H,21,24). The number of ether oxygens (including phenoxy) is 1. The minimum atomic E-state index is -0.479. The van der Waals surface area contributed by atoms with Crippen molar-refractivity contribution in [3.05, 3.63) is 61.4 Å². The van der Waals surface area contributed by atoms with Crippen LogP contribution in [0.5, 0.6) is 11.5 Å². The summed E-state index contributed by atoms with van der Waals surface area (Å²) in [5.74, 6) is -0.138. The topological polar surface area (TPSA) is 114 Å². The highest BCUT2D eigenvalue weighted by Crippen LogP contribution is 2.35. The zero-order valence-corrected chi connectivity index (χ0v) is 16.9. The van der Waals surface area contributed by atoms with E-state index >= 15 is 0 Å². The third kappa shape index (κ3) is 4.29. The van der Waals surface area contributed by atoms with E-state index in [1.165, 1.54) is 29.7 Å². The van der Waals surface area contributed by atoms with Crippen LogP contribution in [-0.4, -0.2) is 28.8 Å². The second kappa shape index (κ2) is 8.36. The van der Waals surface area contributed by atoms with Gasteiger partial charge in [0.15, 0.2) is 11.5 Å². The van der Waals surface area contributed by atoms with Gasteiger partial charge in [-0.25, -0.2) is 5.43 Å². The van der Waals surface area contributed by atoms with Gasteiger partial charge in [-0.2, -0.15) is 5.10 Å². The molecule has 0 fully saturated rings. The van der Waals surface area contributed by atoms with E-state index in [0.29, 0.717) is 32.7 Å².